The van der Waals surface area contributed by atoms with Crippen LogP contribution < -0.4 is 0 Å². The van der Waals surface area contributed by atoms with Gasteiger partial charge < -0.3 is 0 Å². The molecule has 0 heterocycles. The van der Waals surface area contributed by atoms with Crippen LogP contribution in [0.4, 0.5) is 4.39 Å². The van der Waals surface area contributed by atoms with Crippen molar-refractivity contribution in [3.8, 4) is 0 Å². The molecule has 18 heavy (non-hydrogen) atoms. The molecule has 0 aliphatic rings. The largest absolute Gasteiger partial charge is 0.294 e. The van der Waals surface area contributed by atoms with Crippen molar-refractivity contribution in [1.82, 2.24) is 0 Å². The predicted molar refractivity (Wildman–Crippen MR) is 73.3 cm³/mol. The van der Waals surface area contributed by atoms with Crippen LogP contribution in [0.15, 0.2) is 46.9 Å². The molecule has 0 saturated heterocycles. The maximum absolute atomic E-state index is 13.1. The van der Waals surface area contributed by atoms with E-state index in [1.54, 1.807) is 13.0 Å². The molecule has 0 aromatic heterocycles. The van der Waals surface area contributed by atoms with Crippen LogP contribution in [-0.2, 0) is 6.42 Å². The van der Waals surface area contributed by atoms with Crippen LogP contribution in [0.3, 0.4) is 0 Å². The lowest BCUT2D eigenvalue weighted by Gasteiger charge is -2.04. The molecule has 0 atom stereocenters. The number of aryl methyl sites for hydroxylation is 1. The molecule has 0 saturated carbocycles. The predicted octanol–water partition coefficient (Wildman–Crippen LogP) is 4.32. The lowest BCUT2D eigenvalue weighted by atomic mass is 10.0. The third-order valence-electron chi connectivity index (χ3n) is 2.76. The Morgan fingerprint density at radius 1 is 1.17 bits per heavy atom. The Labute approximate surface area is 114 Å². The van der Waals surface area contributed by atoms with Gasteiger partial charge in [0.25, 0.3) is 0 Å². The third kappa shape index (κ3) is 3.05. The number of hydrogen-bond donors (Lipinski definition) is 0. The summed E-state index contributed by atoms with van der Waals surface area (Å²) in [6, 6.07) is 12.1. The van der Waals surface area contributed by atoms with Crippen molar-refractivity contribution in [2.45, 2.75) is 13.3 Å². The minimum absolute atomic E-state index is 0.000391. The number of hydrogen-bond acceptors (Lipinski definition) is 1. The molecule has 0 unspecified atom stereocenters. The van der Waals surface area contributed by atoms with Gasteiger partial charge in [-0.3, -0.25) is 4.79 Å². The van der Waals surface area contributed by atoms with Crippen molar-refractivity contribution in [2.24, 2.45) is 0 Å². The van der Waals surface area contributed by atoms with E-state index in [2.05, 4.69) is 15.9 Å². The Morgan fingerprint density at radius 2 is 1.83 bits per heavy atom. The number of carbonyl (C=O) groups is 1. The molecule has 0 aliphatic heterocycles. The van der Waals surface area contributed by atoms with Gasteiger partial charge in [-0.05, 0) is 48.4 Å². The summed E-state index contributed by atoms with van der Waals surface area (Å²) in [6.07, 6.45) is 0.332. The van der Waals surface area contributed by atoms with Crippen molar-refractivity contribution < 1.29 is 9.18 Å². The summed E-state index contributed by atoms with van der Waals surface area (Å²) in [5, 5.41) is 0. The van der Waals surface area contributed by atoms with Gasteiger partial charge in [0.05, 0.1) is 0 Å². The van der Waals surface area contributed by atoms with E-state index in [0.29, 0.717) is 17.5 Å². The summed E-state index contributed by atoms with van der Waals surface area (Å²) in [6.45, 7) is 1.66. The molecule has 0 bridgehead atoms. The molecule has 92 valence electrons. The SMILES string of the molecule is Cc1cc(C(=O)Cc2ccc(Br)cc2)ccc1F. The van der Waals surface area contributed by atoms with Gasteiger partial charge in [0.15, 0.2) is 5.78 Å². The average molecular weight is 307 g/mol. The molecule has 0 amide bonds. The first-order valence-electron chi connectivity index (χ1n) is 5.60. The van der Waals surface area contributed by atoms with Crippen LogP contribution in [0.5, 0.6) is 0 Å². The van der Waals surface area contributed by atoms with Gasteiger partial charge in [-0.25, -0.2) is 4.39 Å². The Kier molecular flexibility index (Phi) is 3.92. The molecule has 0 aliphatic carbocycles. The monoisotopic (exact) mass is 306 g/mol. The van der Waals surface area contributed by atoms with Crippen LogP contribution in [0, 0.1) is 12.7 Å². The lowest BCUT2D eigenvalue weighted by Crippen LogP contribution is -2.04. The van der Waals surface area contributed by atoms with Crippen LogP contribution in [-0.4, -0.2) is 5.78 Å². The second-order valence-electron chi connectivity index (χ2n) is 4.19. The van der Waals surface area contributed by atoms with Crippen molar-refractivity contribution >= 4 is 21.7 Å². The summed E-state index contributed by atoms with van der Waals surface area (Å²) in [5.41, 5.74) is 2.00. The second-order valence-corrected chi connectivity index (χ2v) is 5.11. The molecule has 1 nitrogen and oxygen atoms in total. The highest BCUT2D eigenvalue weighted by molar-refractivity contribution is 9.10. The standard InChI is InChI=1S/C15H12BrFO/c1-10-8-12(4-7-14(10)17)15(18)9-11-2-5-13(16)6-3-11/h2-8H,9H2,1H3. The number of halogens is 2. The lowest BCUT2D eigenvalue weighted by molar-refractivity contribution is 0.0993. The molecule has 2 aromatic carbocycles. The normalized spacial score (nSPS) is 10.4. The number of Topliss-reactive ketones (excluding diaryl/α,β-unsaturated/α-hetero) is 1. The Morgan fingerprint density at radius 3 is 2.44 bits per heavy atom. The number of carbonyl (C=O) groups excluding carboxylic acids is 1. The molecular weight excluding hydrogens is 295 g/mol. The molecular formula is C15H12BrFO. The quantitative estimate of drug-likeness (QED) is 0.772. The second kappa shape index (κ2) is 5.44. The zero-order chi connectivity index (χ0) is 13.1. The summed E-state index contributed by atoms with van der Waals surface area (Å²) in [5.74, 6) is -0.282. The maximum Gasteiger partial charge on any atom is 0.167 e. The number of rotatable bonds is 3. The third-order valence-corrected chi connectivity index (χ3v) is 3.29. The van der Waals surface area contributed by atoms with E-state index in [9.17, 15) is 9.18 Å². The molecule has 2 aromatic rings. The fraction of sp³-hybridized carbons (Fsp3) is 0.133. The first-order chi connectivity index (χ1) is 8.56. The van der Waals surface area contributed by atoms with E-state index in [1.807, 2.05) is 24.3 Å². The van der Waals surface area contributed by atoms with Gasteiger partial charge in [0.2, 0.25) is 0 Å². The summed E-state index contributed by atoms with van der Waals surface area (Å²) in [7, 11) is 0. The highest BCUT2D eigenvalue weighted by Crippen LogP contribution is 2.14. The van der Waals surface area contributed by atoms with Crippen molar-refractivity contribution in [3.05, 3.63) is 69.4 Å². The maximum atomic E-state index is 13.1. The summed E-state index contributed by atoms with van der Waals surface area (Å²) >= 11 is 3.35. The zero-order valence-corrected chi connectivity index (χ0v) is 11.5. The fourth-order valence-electron chi connectivity index (χ4n) is 1.71. The minimum Gasteiger partial charge on any atom is -0.294 e. The Balaban J connectivity index is 2.16. The zero-order valence-electron chi connectivity index (χ0n) is 9.91. The molecule has 0 spiro atoms. The van der Waals surface area contributed by atoms with Gasteiger partial charge >= 0.3 is 0 Å². The van der Waals surface area contributed by atoms with E-state index in [1.165, 1.54) is 12.1 Å². The van der Waals surface area contributed by atoms with Gasteiger partial charge in [-0.2, -0.15) is 0 Å². The molecule has 0 radical (unpaired) electrons. The van der Waals surface area contributed by atoms with Crippen LogP contribution >= 0.6 is 15.9 Å². The Bertz CT molecular complexity index is 576. The summed E-state index contributed by atoms with van der Waals surface area (Å²) in [4.78, 5) is 12.0. The van der Waals surface area contributed by atoms with E-state index in [0.717, 1.165) is 10.0 Å². The Hall–Kier alpha value is -1.48. The van der Waals surface area contributed by atoms with Crippen LogP contribution in [0.1, 0.15) is 21.5 Å². The smallest absolute Gasteiger partial charge is 0.167 e. The fourth-order valence-corrected chi connectivity index (χ4v) is 1.97. The molecule has 0 fully saturated rings. The average Bonchev–Trinajstić information content (AvgIpc) is 2.35. The van der Waals surface area contributed by atoms with Crippen LogP contribution in [0.25, 0.3) is 0 Å². The van der Waals surface area contributed by atoms with E-state index < -0.39 is 0 Å². The summed E-state index contributed by atoms with van der Waals surface area (Å²) < 4.78 is 14.1. The molecule has 3 heteroatoms. The molecule has 2 rings (SSSR count). The van der Waals surface area contributed by atoms with Crippen molar-refractivity contribution in [2.75, 3.05) is 0 Å². The van der Waals surface area contributed by atoms with Gasteiger partial charge in [-0.15, -0.1) is 0 Å². The van der Waals surface area contributed by atoms with Crippen molar-refractivity contribution in [3.63, 3.8) is 0 Å². The first kappa shape index (κ1) is 13.0. The van der Waals surface area contributed by atoms with E-state index in [4.69, 9.17) is 0 Å². The highest BCUT2D eigenvalue weighted by atomic mass is 79.9. The minimum atomic E-state index is -0.282. The van der Waals surface area contributed by atoms with Crippen molar-refractivity contribution in [1.29, 1.82) is 0 Å². The first-order valence-corrected chi connectivity index (χ1v) is 6.39. The van der Waals surface area contributed by atoms with Gasteiger partial charge in [0, 0.05) is 16.5 Å². The number of ketones is 1. The topological polar surface area (TPSA) is 17.1 Å². The van der Waals surface area contributed by atoms with Crippen LogP contribution in [0.2, 0.25) is 0 Å². The highest BCUT2D eigenvalue weighted by Gasteiger charge is 2.08. The number of benzene rings is 2. The van der Waals surface area contributed by atoms with E-state index in [-0.39, 0.29) is 11.6 Å². The van der Waals surface area contributed by atoms with E-state index >= 15 is 0 Å². The molecule has 0 N–H and O–H groups in total. The van der Waals surface area contributed by atoms with Gasteiger partial charge in [-0.1, -0.05) is 28.1 Å². The van der Waals surface area contributed by atoms with Gasteiger partial charge in [0.1, 0.15) is 5.82 Å².